The number of nitrogens with zero attached hydrogens (tertiary/aromatic N) is 2. The van der Waals surface area contributed by atoms with E-state index < -0.39 is 0 Å². The summed E-state index contributed by atoms with van der Waals surface area (Å²) in [5.41, 5.74) is 1.87. The summed E-state index contributed by atoms with van der Waals surface area (Å²) in [5, 5.41) is 1.04. The Bertz CT molecular complexity index is 663. The molecule has 1 unspecified atom stereocenters. The zero-order valence-corrected chi connectivity index (χ0v) is 12.2. The molecule has 3 heterocycles. The standard InChI is InChI=1S/C17H21N3O/c21-17(15-5-1-6-16-14(15)7-8-18-16)20-11-3-10-19-9-2-4-13(19)12-20/h1,5-8,13,18H,2-4,9-12H2. The summed E-state index contributed by atoms with van der Waals surface area (Å²) in [7, 11) is 0. The number of aromatic nitrogens is 1. The van der Waals surface area contributed by atoms with Gasteiger partial charge in [-0.25, -0.2) is 0 Å². The minimum absolute atomic E-state index is 0.189. The van der Waals surface area contributed by atoms with Crippen molar-refractivity contribution in [3.63, 3.8) is 0 Å². The van der Waals surface area contributed by atoms with E-state index in [-0.39, 0.29) is 5.91 Å². The van der Waals surface area contributed by atoms with Crippen LogP contribution in [0.3, 0.4) is 0 Å². The number of carbonyl (C=O) groups is 1. The number of H-pyrrole nitrogens is 1. The Hall–Kier alpha value is -1.81. The zero-order chi connectivity index (χ0) is 14.2. The van der Waals surface area contributed by atoms with Crippen molar-refractivity contribution in [2.75, 3.05) is 26.2 Å². The molecule has 2 aliphatic heterocycles. The van der Waals surface area contributed by atoms with Crippen molar-refractivity contribution in [2.24, 2.45) is 0 Å². The minimum Gasteiger partial charge on any atom is -0.361 e. The van der Waals surface area contributed by atoms with E-state index in [4.69, 9.17) is 0 Å². The fourth-order valence-electron chi connectivity index (χ4n) is 3.83. The van der Waals surface area contributed by atoms with E-state index in [1.54, 1.807) is 0 Å². The maximum absolute atomic E-state index is 12.9. The first-order valence-corrected chi connectivity index (χ1v) is 7.92. The molecule has 1 aromatic heterocycles. The Labute approximate surface area is 124 Å². The minimum atomic E-state index is 0.189. The molecule has 0 bridgehead atoms. The summed E-state index contributed by atoms with van der Waals surface area (Å²) >= 11 is 0. The summed E-state index contributed by atoms with van der Waals surface area (Å²) < 4.78 is 0. The highest BCUT2D eigenvalue weighted by Crippen LogP contribution is 2.24. The second-order valence-corrected chi connectivity index (χ2v) is 6.18. The third-order valence-corrected chi connectivity index (χ3v) is 4.92. The molecule has 4 nitrogen and oxygen atoms in total. The van der Waals surface area contributed by atoms with Crippen LogP contribution in [-0.2, 0) is 0 Å². The van der Waals surface area contributed by atoms with E-state index in [9.17, 15) is 4.79 Å². The molecule has 21 heavy (non-hydrogen) atoms. The summed E-state index contributed by atoms with van der Waals surface area (Å²) in [4.78, 5) is 20.8. The first-order valence-electron chi connectivity index (χ1n) is 7.92. The first kappa shape index (κ1) is 12.9. The van der Waals surface area contributed by atoms with Crippen LogP contribution in [-0.4, -0.2) is 52.9 Å². The van der Waals surface area contributed by atoms with Gasteiger partial charge in [-0.3, -0.25) is 9.69 Å². The summed E-state index contributed by atoms with van der Waals surface area (Å²) in [6.07, 6.45) is 5.51. The van der Waals surface area contributed by atoms with Crippen molar-refractivity contribution in [3.05, 3.63) is 36.0 Å². The quantitative estimate of drug-likeness (QED) is 0.873. The normalized spacial score (nSPS) is 23.2. The lowest BCUT2D eigenvalue weighted by atomic mass is 10.1. The average molecular weight is 283 g/mol. The van der Waals surface area contributed by atoms with Crippen molar-refractivity contribution in [3.8, 4) is 0 Å². The lowest BCUT2D eigenvalue weighted by Gasteiger charge is -2.26. The third kappa shape index (κ3) is 2.23. The van der Waals surface area contributed by atoms with Gasteiger partial charge in [-0.1, -0.05) is 6.07 Å². The van der Waals surface area contributed by atoms with Crippen LogP contribution in [0.1, 0.15) is 29.6 Å². The van der Waals surface area contributed by atoms with Crippen molar-refractivity contribution < 1.29 is 4.79 Å². The van der Waals surface area contributed by atoms with Gasteiger partial charge in [-0.15, -0.1) is 0 Å². The molecule has 2 aromatic rings. The van der Waals surface area contributed by atoms with Gasteiger partial charge < -0.3 is 9.88 Å². The number of benzene rings is 1. The highest BCUT2D eigenvalue weighted by atomic mass is 16.2. The Morgan fingerprint density at radius 2 is 2.05 bits per heavy atom. The lowest BCUT2D eigenvalue weighted by molar-refractivity contribution is 0.0745. The molecule has 1 aromatic carbocycles. The van der Waals surface area contributed by atoms with Crippen molar-refractivity contribution in [1.82, 2.24) is 14.8 Å². The van der Waals surface area contributed by atoms with Gasteiger partial charge in [-0.2, -0.15) is 0 Å². The molecule has 110 valence electrons. The molecule has 0 radical (unpaired) electrons. The van der Waals surface area contributed by atoms with Crippen molar-refractivity contribution in [1.29, 1.82) is 0 Å². The zero-order valence-electron chi connectivity index (χ0n) is 12.2. The molecule has 1 N–H and O–H groups in total. The van der Waals surface area contributed by atoms with Gasteiger partial charge in [0.05, 0.1) is 0 Å². The van der Waals surface area contributed by atoms with Crippen molar-refractivity contribution >= 4 is 16.8 Å². The second-order valence-electron chi connectivity index (χ2n) is 6.18. The number of aromatic amines is 1. The second kappa shape index (κ2) is 5.19. The van der Waals surface area contributed by atoms with Crippen LogP contribution in [0.2, 0.25) is 0 Å². The van der Waals surface area contributed by atoms with Crippen LogP contribution in [0, 0.1) is 0 Å². The van der Waals surface area contributed by atoms with Crippen LogP contribution in [0.15, 0.2) is 30.5 Å². The Balaban J connectivity index is 1.63. The number of nitrogens with one attached hydrogen (secondary N) is 1. The van der Waals surface area contributed by atoms with Gasteiger partial charge in [0.25, 0.3) is 5.91 Å². The van der Waals surface area contributed by atoms with Gasteiger partial charge in [0.15, 0.2) is 0 Å². The molecule has 2 saturated heterocycles. The summed E-state index contributed by atoms with van der Waals surface area (Å²) in [5.74, 6) is 0.189. The number of rotatable bonds is 1. The summed E-state index contributed by atoms with van der Waals surface area (Å²) in [6, 6.07) is 8.51. The monoisotopic (exact) mass is 283 g/mol. The molecule has 4 heteroatoms. The molecule has 0 spiro atoms. The fourth-order valence-corrected chi connectivity index (χ4v) is 3.83. The average Bonchev–Trinajstić information content (AvgIpc) is 3.11. The number of amides is 1. The largest absolute Gasteiger partial charge is 0.361 e. The van der Waals surface area contributed by atoms with E-state index >= 15 is 0 Å². The molecule has 2 aliphatic rings. The number of hydrogen-bond donors (Lipinski definition) is 1. The Kier molecular flexibility index (Phi) is 3.19. The number of hydrogen-bond acceptors (Lipinski definition) is 2. The third-order valence-electron chi connectivity index (χ3n) is 4.92. The van der Waals surface area contributed by atoms with Crippen molar-refractivity contribution in [2.45, 2.75) is 25.3 Å². The number of fused-ring (bicyclic) bond motifs is 2. The highest BCUT2D eigenvalue weighted by molar-refractivity contribution is 6.06. The fraction of sp³-hybridized carbons (Fsp3) is 0.471. The lowest BCUT2D eigenvalue weighted by Crippen LogP contribution is -2.39. The van der Waals surface area contributed by atoms with Crippen LogP contribution < -0.4 is 0 Å². The number of carbonyl (C=O) groups excluding carboxylic acids is 1. The Morgan fingerprint density at radius 3 is 3.00 bits per heavy atom. The van der Waals surface area contributed by atoms with Gasteiger partial charge in [-0.05, 0) is 44.0 Å². The van der Waals surface area contributed by atoms with E-state index in [0.717, 1.165) is 42.5 Å². The van der Waals surface area contributed by atoms with E-state index in [2.05, 4.69) is 14.8 Å². The molecule has 4 rings (SSSR count). The topological polar surface area (TPSA) is 39.3 Å². The SMILES string of the molecule is O=C(c1cccc2[nH]ccc12)N1CCCN2CCCC2C1. The van der Waals surface area contributed by atoms with Crippen LogP contribution in [0.5, 0.6) is 0 Å². The molecule has 1 atom stereocenters. The molecule has 2 fully saturated rings. The first-order chi connectivity index (χ1) is 10.3. The summed E-state index contributed by atoms with van der Waals surface area (Å²) in [6.45, 7) is 4.12. The Morgan fingerprint density at radius 1 is 1.14 bits per heavy atom. The maximum Gasteiger partial charge on any atom is 0.254 e. The predicted molar refractivity (Wildman–Crippen MR) is 83.4 cm³/mol. The van der Waals surface area contributed by atoms with E-state index in [0.29, 0.717) is 6.04 Å². The smallest absolute Gasteiger partial charge is 0.254 e. The van der Waals surface area contributed by atoms with Gasteiger partial charge in [0.2, 0.25) is 0 Å². The molecule has 0 saturated carbocycles. The highest BCUT2D eigenvalue weighted by Gasteiger charge is 2.31. The van der Waals surface area contributed by atoms with Crippen LogP contribution >= 0.6 is 0 Å². The maximum atomic E-state index is 12.9. The van der Waals surface area contributed by atoms with Gasteiger partial charge >= 0.3 is 0 Å². The molecule has 0 aliphatic carbocycles. The molecule has 1 amide bonds. The van der Waals surface area contributed by atoms with E-state index in [1.807, 2.05) is 30.5 Å². The van der Waals surface area contributed by atoms with Gasteiger partial charge in [0.1, 0.15) is 0 Å². The van der Waals surface area contributed by atoms with Crippen LogP contribution in [0.25, 0.3) is 10.9 Å². The van der Waals surface area contributed by atoms with E-state index in [1.165, 1.54) is 19.4 Å². The molecular formula is C17H21N3O. The van der Waals surface area contributed by atoms with Crippen LogP contribution in [0.4, 0.5) is 0 Å². The molecular weight excluding hydrogens is 262 g/mol. The predicted octanol–water partition coefficient (Wildman–Crippen LogP) is 2.48. The van der Waals surface area contributed by atoms with Gasteiger partial charge in [0, 0.05) is 48.3 Å².